The molecule has 6 heteroatoms. The molecule has 1 N–H and O–H groups in total. The highest BCUT2D eigenvalue weighted by molar-refractivity contribution is 5.93. The molecule has 1 atom stereocenters. The second-order valence-electron chi connectivity index (χ2n) is 5.85. The van der Waals surface area contributed by atoms with Crippen LogP contribution in [0.1, 0.15) is 34.7 Å². The summed E-state index contributed by atoms with van der Waals surface area (Å²) in [6, 6.07) is 7.52. The predicted octanol–water partition coefficient (Wildman–Crippen LogP) is 2.12. The maximum atomic E-state index is 12.3. The van der Waals surface area contributed by atoms with Crippen LogP contribution in [0, 0.1) is 0 Å². The number of hydrogen-bond donors (Lipinski definition) is 1. The van der Waals surface area contributed by atoms with Crippen molar-refractivity contribution >= 4 is 5.91 Å². The van der Waals surface area contributed by atoms with Gasteiger partial charge >= 0.3 is 0 Å². The largest absolute Gasteiger partial charge is 0.486 e. The molecule has 0 fully saturated rings. The molecule has 2 heterocycles. The average molecular weight is 314 g/mol. The molecule has 1 aromatic carbocycles. The van der Waals surface area contributed by atoms with Crippen LogP contribution in [0.5, 0.6) is 11.5 Å². The lowest BCUT2D eigenvalue weighted by Gasteiger charge is -2.26. The highest BCUT2D eigenvalue weighted by Crippen LogP contribution is 2.30. The van der Waals surface area contributed by atoms with Crippen molar-refractivity contribution in [1.82, 2.24) is 10.5 Å². The maximum Gasteiger partial charge on any atom is 0.273 e. The summed E-state index contributed by atoms with van der Waals surface area (Å²) in [5.74, 6) is 2.09. The Hall–Kier alpha value is -2.50. The Kier molecular flexibility index (Phi) is 3.65. The summed E-state index contributed by atoms with van der Waals surface area (Å²) in [6.07, 6.45) is 3.68. The van der Waals surface area contributed by atoms with Crippen molar-refractivity contribution in [2.24, 2.45) is 0 Å². The number of fused-ring (bicyclic) bond motifs is 2. The van der Waals surface area contributed by atoms with Crippen molar-refractivity contribution < 1.29 is 18.8 Å². The molecule has 2 aliphatic rings. The number of amides is 1. The third kappa shape index (κ3) is 2.76. The van der Waals surface area contributed by atoms with Gasteiger partial charge in [-0.3, -0.25) is 4.79 Å². The monoisotopic (exact) mass is 314 g/mol. The van der Waals surface area contributed by atoms with E-state index in [4.69, 9.17) is 14.0 Å². The van der Waals surface area contributed by atoms with Crippen LogP contribution in [0.25, 0.3) is 0 Å². The molecule has 23 heavy (non-hydrogen) atoms. The van der Waals surface area contributed by atoms with Gasteiger partial charge in [0.15, 0.2) is 17.2 Å². The van der Waals surface area contributed by atoms with Gasteiger partial charge in [0.2, 0.25) is 0 Å². The van der Waals surface area contributed by atoms with E-state index >= 15 is 0 Å². The molecule has 120 valence electrons. The molecule has 1 aliphatic heterocycles. The van der Waals surface area contributed by atoms with Gasteiger partial charge in [0, 0.05) is 12.0 Å². The maximum absolute atomic E-state index is 12.3. The molecule has 4 rings (SSSR count). The molecule has 1 aliphatic carbocycles. The molecule has 0 saturated heterocycles. The van der Waals surface area contributed by atoms with Gasteiger partial charge in [-0.15, -0.1) is 0 Å². The van der Waals surface area contributed by atoms with E-state index in [1.807, 2.05) is 24.3 Å². The third-order valence-corrected chi connectivity index (χ3v) is 4.22. The van der Waals surface area contributed by atoms with E-state index < -0.39 is 0 Å². The van der Waals surface area contributed by atoms with Crippen molar-refractivity contribution in [3.05, 3.63) is 41.3 Å². The van der Waals surface area contributed by atoms with Crippen molar-refractivity contribution in [2.45, 2.75) is 31.8 Å². The Morgan fingerprint density at radius 2 is 2.04 bits per heavy atom. The Labute approximate surface area is 133 Å². The molecule has 0 saturated carbocycles. The quantitative estimate of drug-likeness (QED) is 0.939. The number of nitrogens with zero attached hydrogens (tertiary/aromatic N) is 1. The topological polar surface area (TPSA) is 73.6 Å². The third-order valence-electron chi connectivity index (χ3n) is 4.22. The van der Waals surface area contributed by atoms with Gasteiger partial charge in [-0.2, -0.15) is 0 Å². The van der Waals surface area contributed by atoms with Crippen LogP contribution in [0.2, 0.25) is 0 Å². The van der Waals surface area contributed by atoms with Crippen LogP contribution in [0.3, 0.4) is 0 Å². The molecule has 0 bridgehead atoms. The molecule has 0 radical (unpaired) electrons. The van der Waals surface area contributed by atoms with E-state index in [0.717, 1.165) is 42.8 Å². The zero-order valence-electron chi connectivity index (χ0n) is 12.7. The molecular weight excluding hydrogens is 296 g/mol. The second-order valence-corrected chi connectivity index (χ2v) is 5.85. The van der Waals surface area contributed by atoms with E-state index in [9.17, 15) is 4.79 Å². The fourth-order valence-electron chi connectivity index (χ4n) is 3.02. The Morgan fingerprint density at radius 1 is 1.22 bits per heavy atom. The highest BCUT2D eigenvalue weighted by Gasteiger charge is 2.26. The molecule has 1 aromatic heterocycles. The number of hydrogen-bond acceptors (Lipinski definition) is 5. The number of benzene rings is 1. The van der Waals surface area contributed by atoms with Crippen molar-refractivity contribution in [3.63, 3.8) is 0 Å². The first kappa shape index (κ1) is 14.1. The van der Waals surface area contributed by atoms with Crippen molar-refractivity contribution in [3.8, 4) is 11.5 Å². The number of carbonyl (C=O) groups excluding carboxylic acids is 1. The van der Waals surface area contributed by atoms with Gasteiger partial charge in [-0.25, -0.2) is 0 Å². The SMILES string of the molecule is O=C(NCC1COc2ccccc2O1)c1noc2c1CCCC2. The highest BCUT2D eigenvalue weighted by atomic mass is 16.6. The predicted molar refractivity (Wildman–Crippen MR) is 81.8 cm³/mol. The van der Waals surface area contributed by atoms with Gasteiger partial charge in [-0.1, -0.05) is 17.3 Å². The van der Waals surface area contributed by atoms with E-state index in [1.165, 1.54) is 0 Å². The molecule has 1 unspecified atom stereocenters. The van der Waals surface area contributed by atoms with Crippen molar-refractivity contribution in [2.75, 3.05) is 13.2 Å². The van der Waals surface area contributed by atoms with Gasteiger partial charge < -0.3 is 19.3 Å². The Bertz CT molecular complexity index is 725. The summed E-state index contributed by atoms with van der Waals surface area (Å²) < 4.78 is 16.7. The Morgan fingerprint density at radius 3 is 2.96 bits per heavy atom. The molecular formula is C17H18N2O4. The lowest BCUT2D eigenvalue weighted by atomic mass is 9.96. The number of aromatic nitrogens is 1. The first-order valence-electron chi connectivity index (χ1n) is 7.95. The number of nitrogens with one attached hydrogen (secondary N) is 1. The van der Waals surface area contributed by atoms with Gasteiger partial charge in [0.25, 0.3) is 5.91 Å². The number of carbonyl (C=O) groups is 1. The first-order chi connectivity index (χ1) is 11.3. The number of para-hydroxylation sites is 2. The summed E-state index contributed by atoms with van der Waals surface area (Å²) in [4.78, 5) is 12.3. The molecule has 6 nitrogen and oxygen atoms in total. The molecule has 1 amide bonds. The first-order valence-corrected chi connectivity index (χ1v) is 7.95. The smallest absolute Gasteiger partial charge is 0.273 e. The average Bonchev–Trinajstić information content (AvgIpc) is 3.03. The van der Waals surface area contributed by atoms with Crippen molar-refractivity contribution in [1.29, 1.82) is 0 Å². The van der Waals surface area contributed by atoms with E-state index in [1.54, 1.807) is 0 Å². The summed E-state index contributed by atoms with van der Waals surface area (Å²) in [7, 11) is 0. The van der Waals surface area contributed by atoms with Gasteiger partial charge in [0.1, 0.15) is 18.5 Å². The summed E-state index contributed by atoms with van der Waals surface area (Å²) in [5, 5.41) is 6.81. The minimum absolute atomic E-state index is 0.209. The van der Waals surface area contributed by atoms with Crippen LogP contribution in [-0.4, -0.2) is 30.3 Å². The normalized spacial score (nSPS) is 19.0. The zero-order valence-corrected chi connectivity index (χ0v) is 12.7. The second kappa shape index (κ2) is 5.95. The summed E-state index contributed by atoms with van der Waals surface area (Å²) >= 11 is 0. The van der Waals surface area contributed by atoms with Gasteiger partial charge in [0.05, 0.1) is 6.54 Å². The lowest BCUT2D eigenvalue weighted by Crippen LogP contribution is -2.41. The fraction of sp³-hybridized carbons (Fsp3) is 0.412. The van der Waals surface area contributed by atoms with Crippen LogP contribution in [0.4, 0.5) is 0 Å². The fourth-order valence-corrected chi connectivity index (χ4v) is 3.02. The van der Waals surface area contributed by atoms with Crippen LogP contribution < -0.4 is 14.8 Å². The number of rotatable bonds is 3. The van der Waals surface area contributed by atoms with E-state index in [-0.39, 0.29) is 12.0 Å². The number of aryl methyl sites for hydroxylation is 1. The lowest BCUT2D eigenvalue weighted by molar-refractivity contribution is 0.0783. The van der Waals surface area contributed by atoms with E-state index in [0.29, 0.717) is 24.6 Å². The standard InChI is InChI=1S/C17H18N2O4/c20-17(16-12-5-1-2-6-13(12)23-19-16)18-9-11-10-21-14-7-3-4-8-15(14)22-11/h3-4,7-8,11H,1-2,5-6,9-10H2,(H,18,20). The van der Waals surface area contributed by atoms with E-state index in [2.05, 4.69) is 10.5 Å². The van der Waals surface area contributed by atoms with Crippen LogP contribution >= 0.6 is 0 Å². The van der Waals surface area contributed by atoms with Crippen LogP contribution in [0.15, 0.2) is 28.8 Å². The zero-order chi connectivity index (χ0) is 15.6. The Balaban J connectivity index is 1.38. The van der Waals surface area contributed by atoms with Crippen LogP contribution in [-0.2, 0) is 12.8 Å². The summed E-state index contributed by atoms with van der Waals surface area (Å²) in [5.41, 5.74) is 1.37. The minimum Gasteiger partial charge on any atom is -0.486 e. The van der Waals surface area contributed by atoms with Gasteiger partial charge in [-0.05, 0) is 31.4 Å². The number of ether oxygens (including phenoxy) is 2. The molecule has 2 aromatic rings. The molecule has 0 spiro atoms. The summed E-state index contributed by atoms with van der Waals surface area (Å²) in [6.45, 7) is 0.781. The minimum atomic E-state index is -0.212.